The van der Waals surface area contributed by atoms with Crippen molar-refractivity contribution in [1.82, 2.24) is 0 Å². The molecule has 0 unspecified atom stereocenters. The van der Waals surface area contributed by atoms with Crippen molar-refractivity contribution in [3.8, 4) is 0 Å². The fraction of sp³-hybridized carbons (Fsp3) is 0.938. The molecule has 0 heteroatoms. The van der Waals surface area contributed by atoms with E-state index in [1.165, 1.54) is 372 Å². The zero-order chi connectivity index (χ0) is 45.8. The number of hydrogen-bond donors (Lipinski definition) is 0. The summed E-state index contributed by atoms with van der Waals surface area (Å²) in [4.78, 5) is 0. The second-order valence-corrected chi connectivity index (χ2v) is 21.5. The summed E-state index contributed by atoms with van der Waals surface area (Å²) >= 11 is 0. The Hall–Kier alpha value is -0.520. The van der Waals surface area contributed by atoms with Gasteiger partial charge in [0.25, 0.3) is 0 Å². The van der Waals surface area contributed by atoms with Crippen LogP contribution in [0.2, 0.25) is 0 Å². The van der Waals surface area contributed by atoms with E-state index in [4.69, 9.17) is 0 Å². The molecule has 0 spiro atoms. The summed E-state index contributed by atoms with van der Waals surface area (Å²) in [6, 6.07) is 0. The molecule has 0 saturated carbocycles. The maximum Gasteiger partial charge on any atom is -0.0351 e. The van der Waals surface area contributed by atoms with Crippen molar-refractivity contribution in [2.45, 2.75) is 386 Å². The van der Waals surface area contributed by atoms with Crippen LogP contribution in [0, 0.1) is 0 Å². The van der Waals surface area contributed by atoms with Gasteiger partial charge in [-0.2, -0.15) is 0 Å². The predicted molar refractivity (Wildman–Crippen MR) is 297 cm³/mol. The second-order valence-electron chi connectivity index (χ2n) is 21.5. The molecule has 0 atom stereocenters. The van der Waals surface area contributed by atoms with Crippen molar-refractivity contribution in [3.05, 3.63) is 24.3 Å². The van der Waals surface area contributed by atoms with Crippen LogP contribution in [0.4, 0.5) is 0 Å². The molecule has 0 aliphatic heterocycles. The molecule has 0 heterocycles. The molecule has 0 amide bonds. The summed E-state index contributed by atoms with van der Waals surface area (Å²) in [7, 11) is 0. The monoisotopic (exact) mass is 895 g/mol. The van der Waals surface area contributed by atoms with Gasteiger partial charge in [-0.3, -0.25) is 0 Å². The molecular weight excluding hydrogens is 769 g/mol. The van der Waals surface area contributed by atoms with Gasteiger partial charge in [0.05, 0.1) is 0 Å². The minimum absolute atomic E-state index is 1.29. The lowest BCUT2D eigenvalue weighted by molar-refractivity contribution is 0.507. The van der Waals surface area contributed by atoms with E-state index >= 15 is 0 Å². The molecule has 0 saturated heterocycles. The zero-order valence-electron chi connectivity index (χ0n) is 45.3. The van der Waals surface area contributed by atoms with Gasteiger partial charge in [-0.25, -0.2) is 0 Å². The van der Waals surface area contributed by atoms with Crippen LogP contribution in [0.1, 0.15) is 386 Å². The average Bonchev–Trinajstić information content (AvgIpc) is 3.31. The fourth-order valence-corrected chi connectivity index (χ4v) is 10.4. The van der Waals surface area contributed by atoms with Crippen molar-refractivity contribution in [1.29, 1.82) is 0 Å². The second kappa shape index (κ2) is 62.5. The van der Waals surface area contributed by atoms with Crippen molar-refractivity contribution in [2.75, 3.05) is 0 Å². The Morgan fingerprint density at radius 1 is 0.125 bits per heavy atom. The quantitative estimate of drug-likeness (QED) is 0.0422. The third kappa shape index (κ3) is 61.5. The Balaban J connectivity index is 3.07. The largest absolute Gasteiger partial charge is 0.0917 e. The van der Waals surface area contributed by atoms with Gasteiger partial charge in [0.1, 0.15) is 0 Å². The highest BCUT2D eigenvalue weighted by atomic mass is 14.1. The highest BCUT2D eigenvalue weighted by Gasteiger charge is 2.00. The average molecular weight is 896 g/mol. The maximum absolute atomic E-state index is 2.31. The van der Waals surface area contributed by atoms with E-state index in [9.17, 15) is 0 Å². The van der Waals surface area contributed by atoms with E-state index in [0.717, 1.165) is 0 Å². The summed E-state index contributed by atoms with van der Waals surface area (Å²) in [5, 5.41) is 0. The fourth-order valence-electron chi connectivity index (χ4n) is 10.4. The van der Waals surface area contributed by atoms with Crippen molar-refractivity contribution < 1.29 is 0 Å². The number of allylic oxidation sites excluding steroid dienone is 4. The molecule has 64 heavy (non-hydrogen) atoms. The molecule has 0 nitrogen and oxygen atoms in total. The minimum Gasteiger partial charge on any atom is -0.0917 e. The Labute approximate surface area is 408 Å². The third-order valence-electron chi connectivity index (χ3n) is 15.0. The van der Waals surface area contributed by atoms with Crippen LogP contribution in [-0.2, 0) is 0 Å². The molecule has 0 bridgehead atoms. The first-order valence-corrected chi connectivity index (χ1v) is 31.1. The van der Waals surface area contributed by atoms with Crippen LogP contribution < -0.4 is 0 Å². The summed E-state index contributed by atoms with van der Waals surface area (Å²) in [5.41, 5.74) is 0. The number of unbranched alkanes of at least 4 members (excludes halogenated alkanes) is 57. The zero-order valence-corrected chi connectivity index (χ0v) is 45.3. The molecule has 0 aliphatic carbocycles. The highest BCUT2D eigenvalue weighted by molar-refractivity contribution is 4.76. The Bertz CT molecular complexity index is 752. The van der Waals surface area contributed by atoms with Gasteiger partial charge in [-0.1, -0.05) is 371 Å². The summed E-state index contributed by atoms with van der Waals surface area (Å²) in [6.07, 6.45) is 94.7. The Morgan fingerprint density at radius 3 is 0.281 bits per heavy atom. The Kier molecular flexibility index (Phi) is 62.0. The summed E-state index contributed by atoms with van der Waals surface area (Å²) < 4.78 is 0. The molecule has 0 rings (SSSR count). The molecule has 0 aromatic rings. The number of hydrogen-bond acceptors (Lipinski definition) is 0. The molecule has 0 fully saturated rings. The van der Waals surface area contributed by atoms with Gasteiger partial charge < -0.3 is 0 Å². The van der Waals surface area contributed by atoms with Gasteiger partial charge in [0.15, 0.2) is 0 Å². The first-order valence-electron chi connectivity index (χ1n) is 31.1. The molecule has 0 aromatic heterocycles. The predicted octanol–water partition coefficient (Wildman–Crippen LogP) is 24.8. The summed E-state index contributed by atoms with van der Waals surface area (Å²) in [6.45, 7) is 4.27. The van der Waals surface area contributed by atoms with E-state index in [-0.39, 0.29) is 0 Å². The first-order chi connectivity index (χ1) is 31.9. The Morgan fingerprint density at radius 2 is 0.203 bits per heavy atom. The smallest absolute Gasteiger partial charge is 0.0351 e. The van der Waals surface area contributed by atoms with Crippen LogP contribution >= 0.6 is 0 Å². The third-order valence-corrected chi connectivity index (χ3v) is 15.0. The minimum atomic E-state index is 1.29. The van der Waals surface area contributed by atoms with E-state index in [1.54, 1.807) is 0 Å². The number of rotatable bonds is 59. The molecule has 382 valence electrons. The van der Waals surface area contributed by atoms with Gasteiger partial charge >= 0.3 is 0 Å². The lowest BCUT2D eigenvalue weighted by atomic mass is 10.0. The standard InChI is InChI=1S/C64H126/c1-3-5-7-9-11-13-15-17-19-21-23-25-27-29-31-33-35-37-39-41-43-45-47-49-51-53-55-57-59-61-63-64-62-60-58-56-54-52-50-48-46-44-42-40-38-36-34-32-30-28-26-24-22-20-18-16-14-12-10-8-6-4-2/h3-6H,7-64H2,1-2H3. The van der Waals surface area contributed by atoms with Gasteiger partial charge in [-0.05, 0) is 39.5 Å². The first kappa shape index (κ1) is 63.5. The lowest BCUT2D eigenvalue weighted by Crippen LogP contribution is -1.85. The van der Waals surface area contributed by atoms with Gasteiger partial charge in [-0.15, -0.1) is 0 Å². The molecule has 0 N–H and O–H groups in total. The van der Waals surface area contributed by atoms with Crippen molar-refractivity contribution >= 4 is 0 Å². The van der Waals surface area contributed by atoms with E-state index in [2.05, 4.69) is 38.2 Å². The maximum atomic E-state index is 2.31. The van der Waals surface area contributed by atoms with E-state index in [1.807, 2.05) is 0 Å². The highest BCUT2D eigenvalue weighted by Crippen LogP contribution is 2.20. The topological polar surface area (TPSA) is 0 Å². The summed E-state index contributed by atoms with van der Waals surface area (Å²) in [5.74, 6) is 0. The van der Waals surface area contributed by atoms with Gasteiger partial charge in [0, 0.05) is 0 Å². The van der Waals surface area contributed by atoms with Crippen LogP contribution in [0.5, 0.6) is 0 Å². The van der Waals surface area contributed by atoms with Crippen molar-refractivity contribution in [3.63, 3.8) is 0 Å². The van der Waals surface area contributed by atoms with Crippen LogP contribution in [0.15, 0.2) is 24.3 Å². The molecule has 0 aliphatic rings. The molecule has 0 aromatic carbocycles. The normalized spacial score (nSPS) is 12.0. The molecule has 0 radical (unpaired) electrons. The van der Waals surface area contributed by atoms with Crippen LogP contribution in [0.25, 0.3) is 0 Å². The van der Waals surface area contributed by atoms with E-state index in [0.29, 0.717) is 0 Å². The van der Waals surface area contributed by atoms with Gasteiger partial charge in [0.2, 0.25) is 0 Å². The van der Waals surface area contributed by atoms with Crippen molar-refractivity contribution in [2.24, 2.45) is 0 Å². The van der Waals surface area contributed by atoms with Crippen LogP contribution in [-0.4, -0.2) is 0 Å². The van der Waals surface area contributed by atoms with E-state index < -0.39 is 0 Å². The molecular formula is C64H126. The van der Waals surface area contributed by atoms with Crippen LogP contribution in [0.3, 0.4) is 0 Å². The SMILES string of the molecule is CC=CCCCCCCCCCCCCCCCCCCCCCCCCCCCCCCCCCCCCCCCCCCCCCCCCCCCCCCCCCCC=CC. The lowest BCUT2D eigenvalue weighted by Gasteiger charge is -2.05.